The Morgan fingerprint density at radius 2 is 1.80 bits per heavy atom. The van der Waals surface area contributed by atoms with Gasteiger partial charge in [-0.15, -0.1) is 0 Å². The molecule has 0 aromatic heterocycles. The maximum absolute atomic E-state index is 3.77. The van der Waals surface area contributed by atoms with Crippen molar-refractivity contribution in [3.8, 4) is 0 Å². The molecule has 0 aliphatic heterocycles. The van der Waals surface area contributed by atoms with Crippen molar-refractivity contribution in [3.63, 3.8) is 0 Å². The van der Waals surface area contributed by atoms with Crippen molar-refractivity contribution in [2.75, 3.05) is 6.54 Å². The van der Waals surface area contributed by atoms with E-state index in [2.05, 4.69) is 39.9 Å². The van der Waals surface area contributed by atoms with Crippen LogP contribution in [0.15, 0.2) is 0 Å². The summed E-state index contributed by atoms with van der Waals surface area (Å²) in [5.41, 5.74) is 0. The van der Waals surface area contributed by atoms with E-state index in [-0.39, 0.29) is 0 Å². The predicted molar refractivity (Wildman–Crippen MR) is 68.0 cm³/mol. The van der Waals surface area contributed by atoms with E-state index in [4.69, 9.17) is 0 Å². The molecule has 0 amide bonds. The first-order valence-electron chi connectivity index (χ1n) is 6.74. The predicted octanol–water partition coefficient (Wildman–Crippen LogP) is 3.69. The minimum Gasteiger partial charge on any atom is -0.313 e. The van der Waals surface area contributed by atoms with Gasteiger partial charge in [0.05, 0.1) is 0 Å². The Hall–Kier alpha value is -0.0400. The monoisotopic (exact) mass is 211 g/mol. The third-order valence-electron chi connectivity index (χ3n) is 4.27. The van der Waals surface area contributed by atoms with Crippen LogP contribution >= 0.6 is 0 Å². The molecule has 0 spiro atoms. The van der Waals surface area contributed by atoms with Gasteiger partial charge in [0.2, 0.25) is 0 Å². The lowest BCUT2D eigenvalue weighted by molar-refractivity contribution is 0.216. The molecule has 4 atom stereocenters. The number of nitrogens with one attached hydrogen (secondary N) is 1. The minimum atomic E-state index is 0.780. The quantitative estimate of drug-likeness (QED) is 0.748. The molecule has 0 heterocycles. The summed E-state index contributed by atoms with van der Waals surface area (Å²) in [5, 5.41) is 3.77. The van der Waals surface area contributed by atoms with E-state index in [9.17, 15) is 0 Å². The SMILES string of the molecule is CC1CCC(NCC(C)C(C)C)C(C)C1. The molecule has 1 saturated carbocycles. The minimum absolute atomic E-state index is 0.780. The number of hydrogen-bond donors (Lipinski definition) is 1. The Bertz CT molecular complexity index is 176. The lowest BCUT2D eigenvalue weighted by Gasteiger charge is -2.34. The first kappa shape index (κ1) is 13.0. The summed E-state index contributed by atoms with van der Waals surface area (Å²) in [4.78, 5) is 0. The molecular formula is C14H29N. The van der Waals surface area contributed by atoms with Crippen LogP contribution in [0, 0.1) is 23.7 Å². The molecule has 0 aromatic carbocycles. The van der Waals surface area contributed by atoms with E-state index >= 15 is 0 Å². The van der Waals surface area contributed by atoms with E-state index < -0.39 is 0 Å². The molecule has 1 aliphatic rings. The van der Waals surface area contributed by atoms with Crippen LogP contribution < -0.4 is 5.32 Å². The third kappa shape index (κ3) is 4.14. The third-order valence-corrected chi connectivity index (χ3v) is 4.27. The van der Waals surface area contributed by atoms with E-state index in [0.717, 1.165) is 29.7 Å². The summed E-state index contributed by atoms with van der Waals surface area (Å²) in [7, 11) is 0. The zero-order valence-electron chi connectivity index (χ0n) is 11.2. The topological polar surface area (TPSA) is 12.0 Å². The second-order valence-corrected chi connectivity index (χ2v) is 6.13. The lowest BCUT2D eigenvalue weighted by atomic mass is 9.79. The second-order valence-electron chi connectivity index (χ2n) is 6.13. The van der Waals surface area contributed by atoms with Crippen LogP contribution in [0.25, 0.3) is 0 Å². The van der Waals surface area contributed by atoms with Crippen LogP contribution in [0.4, 0.5) is 0 Å². The zero-order valence-corrected chi connectivity index (χ0v) is 11.2. The Morgan fingerprint density at radius 1 is 1.13 bits per heavy atom. The summed E-state index contributed by atoms with van der Waals surface area (Å²) < 4.78 is 0. The second kappa shape index (κ2) is 5.89. The smallest absolute Gasteiger partial charge is 0.00930 e. The van der Waals surface area contributed by atoms with Crippen molar-refractivity contribution in [3.05, 3.63) is 0 Å². The number of rotatable bonds is 4. The number of hydrogen-bond acceptors (Lipinski definition) is 1. The van der Waals surface area contributed by atoms with Gasteiger partial charge in [-0.1, -0.05) is 34.6 Å². The van der Waals surface area contributed by atoms with E-state index in [1.54, 1.807) is 0 Å². The fourth-order valence-corrected chi connectivity index (χ4v) is 2.54. The van der Waals surface area contributed by atoms with Crippen molar-refractivity contribution in [2.24, 2.45) is 23.7 Å². The molecular weight excluding hydrogens is 182 g/mol. The molecule has 0 bridgehead atoms. The fraction of sp³-hybridized carbons (Fsp3) is 1.00. The van der Waals surface area contributed by atoms with Gasteiger partial charge in [-0.25, -0.2) is 0 Å². The van der Waals surface area contributed by atoms with Gasteiger partial charge in [0.1, 0.15) is 0 Å². The van der Waals surface area contributed by atoms with Crippen molar-refractivity contribution < 1.29 is 0 Å². The Kier molecular flexibility index (Phi) is 5.11. The van der Waals surface area contributed by atoms with Crippen molar-refractivity contribution in [2.45, 2.75) is 59.9 Å². The van der Waals surface area contributed by atoms with Crippen LogP contribution in [-0.2, 0) is 0 Å². The lowest BCUT2D eigenvalue weighted by Crippen LogP contribution is -2.41. The molecule has 1 N–H and O–H groups in total. The van der Waals surface area contributed by atoms with E-state index in [0.29, 0.717) is 0 Å². The van der Waals surface area contributed by atoms with Crippen LogP contribution in [0.5, 0.6) is 0 Å². The van der Waals surface area contributed by atoms with Crippen molar-refractivity contribution in [1.82, 2.24) is 5.32 Å². The summed E-state index contributed by atoms with van der Waals surface area (Å²) in [6.45, 7) is 13.0. The molecule has 1 aliphatic carbocycles. The van der Waals surface area contributed by atoms with Gasteiger partial charge in [-0.3, -0.25) is 0 Å². The molecule has 90 valence electrons. The van der Waals surface area contributed by atoms with Crippen molar-refractivity contribution in [1.29, 1.82) is 0 Å². The van der Waals surface area contributed by atoms with Gasteiger partial charge in [-0.05, 0) is 49.5 Å². The van der Waals surface area contributed by atoms with Gasteiger partial charge in [0.25, 0.3) is 0 Å². The average molecular weight is 211 g/mol. The van der Waals surface area contributed by atoms with Gasteiger partial charge in [0.15, 0.2) is 0 Å². The van der Waals surface area contributed by atoms with E-state index in [1.807, 2.05) is 0 Å². The Balaban J connectivity index is 2.26. The molecule has 1 rings (SSSR count). The zero-order chi connectivity index (χ0) is 11.4. The first-order valence-corrected chi connectivity index (χ1v) is 6.74. The highest BCUT2D eigenvalue weighted by molar-refractivity contribution is 4.81. The maximum atomic E-state index is 3.77. The average Bonchev–Trinajstić information content (AvgIpc) is 2.15. The van der Waals surface area contributed by atoms with E-state index in [1.165, 1.54) is 25.8 Å². The molecule has 0 saturated heterocycles. The van der Waals surface area contributed by atoms with Crippen LogP contribution in [0.3, 0.4) is 0 Å². The molecule has 1 fully saturated rings. The van der Waals surface area contributed by atoms with Crippen LogP contribution in [-0.4, -0.2) is 12.6 Å². The summed E-state index contributed by atoms with van der Waals surface area (Å²) in [5.74, 6) is 3.42. The molecule has 1 nitrogen and oxygen atoms in total. The van der Waals surface area contributed by atoms with Gasteiger partial charge in [0, 0.05) is 6.04 Å². The molecule has 4 unspecified atom stereocenters. The van der Waals surface area contributed by atoms with Gasteiger partial charge < -0.3 is 5.32 Å². The van der Waals surface area contributed by atoms with Gasteiger partial charge in [-0.2, -0.15) is 0 Å². The summed E-state index contributed by atoms with van der Waals surface area (Å²) >= 11 is 0. The molecule has 15 heavy (non-hydrogen) atoms. The highest BCUT2D eigenvalue weighted by atomic mass is 14.9. The Morgan fingerprint density at radius 3 is 2.33 bits per heavy atom. The maximum Gasteiger partial charge on any atom is 0.00930 e. The fourth-order valence-electron chi connectivity index (χ4n) is 2.54. The largest absolute Gasteiger partial charge is 0.313 e. The summed E-state index contributed by atoms with van der Waals surface area (Å²) in [6.07, 6.45) is 4.21. The van der Waals surface area contributed by atoms with Gasteiger partial charge >= 0.3 is 0 Å². The summed E-state index contributed by atoms with van der Waals surface area (Å²) in [6, 6.07) is 0.780. The van der Waals surface area contributed by atoms with Crippen molar-refractivity contribution >= 4 is 0 Å². The van der Waals surface area contributed by atoms with Crippen LogP contribution in [0.1, 0.15) is 53.9 Å². The molecule has 0 radical (unpaired) electrons. The molecule has 0 aromatic rings. The highest BCUT2D eigenvalue weighted by Gasteiger charge is 2.25. The Labute approximate surface area is 96.0 Å². The molecule has 1 heteroatoms. The first-order chi connectivity index (χ1) is 7.00. The van der Waals surface area contributed by atoms with Crippen LogP contribution in [0.2, 0.25) is 0 Å². The standard InChI is InChI=1S/C14H29N/c1-10(2)13(5)9-15-14-7-6-11(3)8-12(14)4/h10-15H,6-9H2,1-5H3. The highest BCUT2D eigenvalue weighted by Crippen LogP contribution is 2.28. The normalized spacial score (nSPS) is 34.4.